The molecule has 0 aromatic heterocycles. The molecule has 1 nitrogen and oxygen atoms in total. The van der Waals surface area contributed by atoms with Gasteiger partial charge in [0.25, 0.3) is 0 Å². The average molecular weight is 590 g/mol. The van der Waals surface area contributed by atoms with Gasteiger partial charge in [-0.2, -0.15) is 0 Å². The van der Waals surface area contributed by atoms with Crippen LogP contribution < -0.4 is 4.90 Å². The van der Waals surface area contributed by atoms with E-state index in [2.05, 4.69) is 195 Å². The lowest BCUT2D eigenvalue weighted by molar-refractivity contribution is 0.632. The number of para-hydroxylation sites is 1. The molecule has 1 aliphatic rings. The van der Waals surface area contributed by atoms with Gasteiger partial charge in [0.1, 0.15) is 0 Å². The van der Waals surface area contributed by atoms with Crippen LogP contribution in [0.15, 0.2) is 176 Å². The highest BCUT2D eigenvalue weighted by Gasteiger charge is 2.37. The summed E-state index contributed by atoms with van der Waals surface area (Å²) in [6.07, 6.45) is 0. The summed E-state index contributed by atoms with van der Waals surface area (Å²) in [5.74, 6) is 0. The van der Waals surface area contributed by atoms with Crippen molar-refractivity contribution in [1.82, 2.24) is 0 Å². The molecule has 0 saturated carbocycles. The maximum Gasteiger partial charge on any atom is 0.0503 e. The first-order valence-corrected chi connectivity index (χ1v) is 16.0. The Morgan fingerprint density at radius 1 is 0.326 bits per heavy atom. The van der Waals surface area contributed by atoms with E-state index >= 15 is 0 Å². The second-order valence-electron chi connectivity index (χ2n) is 12.6. The van der Waals surface area contributed by atoms with E-state index in [9.17, 15) is 0 Å². The normalized spacial score (nSPS) is 13.1. The van der Waals surface area contributed by atoms with Crippen molar-refractivity contribution >= 4 is 17.1 Å². The third kappa shape index (κ3) is 4.91. The fourth-order valence-electron chi connectivity index (χ4n) is 6.92. The Hall–Kier alpha value is -5.66. The SMILES string of the molecule is CC1(C)c2cc(-c3ccc(-c4ccccc4)cc3)ccc2N(c2ccccc2)c2ccc(-c3ccc(-c4ccccc4)cc3)cc21. The molecule has 0 atom stereocenters. The highest BCUT2D eigenvalue weighted by Crippen LogP contribution is 2.53. The van der Waals surface area contributed by atoms with E-state index in [1.54, 1.807) is 0 Å². The fraction of sp³-hybridized carbons (Fsp3) is 0.0667. The monoisotopic (exact) mass is 589 g/mol. The second-order valence-corrected chi connectivity index (χ2v) is 12.6. The van der Waals surface area contributed by atoms with Gasteiger partial charge < -0.3 is 4.90 Å². The van der Waals surface area contributed by atoms with Crippen molar-refractivity contribution in [3.63, 3.8) is 0 Å². The summed E-state index contributed by atoms with van der Waals surface area (Å²) in [7, 11) is 0. The van der Waals surface area contributed by atoms with Crippen LogP contribution in [0.1, 0.15) is 25.0 Å². The number of hydrogen-bond acceptors (Lipinski definition) is 1. The number of anilines is 3. The number of hydrogen-bond donors (Lipinski definition) is 0. The second kappa shape index (κ2) is 11.4. The molecule has 7 aromatic carbocycles. The van der Waals surface area contributed by atoms with E-state index in [1.165, 1.54) is 72.7 Å². The number of benzene rings is 7. The topological polar surface area (TPSA) is 3.24 Å². The Morgan fingerprint density at radius 2 is 0.630 bits per heavy atom. The van der Waals surface area contributed by atoms with E-state index in [4.69, 9.17) is 0 Å². The molecular weight excluding hydrogens is 555 g/mol. The maximum absolute atomic E-state index is 2.43. The zero-order valence-electron chi connectivity index (χ0n) is 26.2. The van der Waals surface area contributed by atoms with Crippen LogP contribution in [0.25, 0.3) is 44.5 Å². The molecule has 0 spiro atoms. The molecule has 8 rings (SSSR count). The first-order chi connectivity index (χ1) is 22.6. The highest BCUT2D eigenvalue weighted by atomic mass is 15.2. The van der Waals surface area contributed by atoms with Crippen LogP contribution in [0.2, 0.25) is 0 Å². The average Bonchev–Trinajstić information content (AvgIpc) is 3.13. The predicted octanol–water partition coefficient (Wildman–Crippen LogP) is 12.5. The summed E-state index contributed by atoms with van der Waals surface area (Å²) in [6, 6.07) is 63.8. The summed E-state index contributed by atoms with van der Waals surface area (Å²) in [6.45, 7) is 4.75. The maximum atomic E-state index is 2.43. The summed E-state index contributed by atoms with van der Waals surface area (Å²) in [4.78, 5) is 2.43. The van der Waals surface area contributed by atoms with Crippen LogP contribution in [0.3, 0.4) is 0 Å². The molecule has 46 heavy (non-hydrogen) atoms. The van der Waals surface area contributed by atoms with Crippen LogP contribution >= 0.6 is 0 Å². The minimum atomic E-state index is -0.212. The van der Waals surface area contributed by atoms with Gasteiger partial charge in [-0.15, -0.1) is 0 Å². The van der Waals surface area contributed by atoms with Crippen molar-refractivity contribution < 1.29 is 0 Å². The third-order valence-electron chi connectivity index (χ3n) is 9.49. The van der Waals surface area contributed by atoms with Gasteiger partial charge in [-0.3, -0.25) is 0 Å². The minimum absolute atomic E-state index is 0.212. The lowest BCUT2D eigenvalue weighted by atomic mass is 9.72. The van der Waals surface area contributed by atoms with Gasteiger partial charge >= 0.3 is 0 Å². The van der Waals surface area contributed by atoms with Crippen molar-refractivity contribution in [2.45, 2.75) is 19.3 Å². The van der Waals surface area contributed by atoms with E-state index in [1.807, 2.05) is 0 Å². The van der Waals surface area contributed by atoms with E-state index in [0.717, 1.165) is 0 Å². The Labute approximate surface area is 272 Å². The van der Waals surface area contributed by atoms with Crippen LogP contribution in [-0.4, -0.2) is 0 Å². The van der Waals surface area contributed by atoms with Crippen LogP contribution in [0.4, 0.5) is 17.1 Å². The molecule has 0 fully saturated rings. The van der Waals surface area contributed by atoms with Gasteiger partial charge in [0.05, 0.1) is 11.4 Å². The first-order valence-electron chi connectivity index (χ1n) is 16.0. The Bertz CT molecular complexity index is 1990. The standard InChI is InChI=1S/C45H35N/c1-45(2)41-30-38(36-22-18-34(19-23-36)32-12-6-3-7-13-32)26-28-43(41)46(40-16-10-5-11-17-40)44-29-27-39(31-42(44)45)37-24-20-35(21-25-37)33-14-8-4-9-15-33/h3-31H,1-2H3. The van der Waals surface area contributed by atoms with Crippen molar-refractivity contribution in [3.8, 4) is 44.5 Å². The first kappa shape index (κ1) is 27.9. The molecule has 1 heteroatoms. The Balaban J connectivity index is 1.22. The fourth-order valence-corrected chi connectivity index (χ4v) is 6.92. The number of rotatable bonds is 5. The van der Waals surface area contributed by atoms with Gasteiger partial charge in [-0.1, -0.05) is 153 Å². The molecule has 7 aromatic rings. The molecule has 0 aliphatic carbocycles. The van der Waals surface area contributed by atoms with Crippen molar-refractivity contribution in [1.29, 1.82) is 0 Å². The zero-order valence-corrected chi connectivity index (χ0v) is 26.2. The largest absolute Gasteiger partial charge is 0.310 e. The molecule has 0 bridgehead atoms. The summed E-state index contributed by atoms with van der Waals surface area (Å²) >= 11 is 0. The summed E-state index contributed by atoms with van der Waals surface area (Å²) < 4.78 is 0. The third-order valence-corrected chi connectivity index (χ3v) is 9.49. The lowest BCUT2D eigenvalue weighted by Gasteiger charge is -2.42. The number of nitrogens with zero attached hydrogens (tertiary/aromatic N) is 1. The molecular formula is C45H35N. The molecule has 0 unspecified atom stereocenters. The van der Waals surface area contributed by atoms with Gasteiger partial charge in [0, 0.05) is 11.1 Å². The summed E-state index contributed by atoms with van der Waals surface area (Å²) in [5, 5.41) is 0. The van der Waals surface area contributed by atoms with E-state index < -0.39 is 0 Å². The molecule has 0 radical (unpaired) electrons. The zero-order chi connectivity index (χ0) is 31.1. The van der Waals surface area contributed by atoms with E-state index in [0.29, 0.717) is 0 Å². The Morgan fingerprint density at radius 3 is 1.02 bits per heavy atom. The minimum Gasteiger partial charge on any atom is -0.310 e. The van der Waals surface area contributed by atoms with Crippen molar-refractivity contribution in [3.05, 3.63) is 187 Å². The molecule has 0 saturated heterocycles. The van der Waals surface area contributed by atoms with Gasteiger partial charge in [-0.05, 0) is 92.0 Å². The molecule has 0 N–H and O–H groups in total. The van der Waals surface area contributed by atoms with Gasteiger partial charge in [-0.25, -0.2) is 0 Å². The van der Waals surface area contributed by atoms with Gasteiger partial charge in [0.15, 0.2) is 0 Å². The van der Waals surface area contributed by atoms with Crippen LogP contribution in [0, 0.1) is 0 Å². The van der Waals surface area contributed by atoms with Crippen LogP contribution in [0.5, 0.6) is 0 Å². The molecule has 1 heterocycles. The predicted molar refractivity (Wildman–Crippen MR) is 195 cm³/mol. The molecule has 1 aliphatic heterocycles. The van der Waals surface area contributed by atoms with Crippen molar-refractivity contribution in [2.24, 2.45) is 0 Å². The Kier molecular flexibility index (Phi) is 6.88. The quantitative estimate of drug-likeness (QED) is 0.193. The summed E-state index contributed by atoms with van der Waals surface area (Å²) in [5.41, 5.74) is 15.9. The lowest BCUT2D eigenvalue weighted by Crippen LogP contribution is -2.30. The van der Waals surface area contributed by atoms with Crippen LogP contribution in [-0.2, 0) is 5.41 Å². The molecule has 220 valence electrons. The highest BCUT2D eigenvalue weighted by molar-refractivity contribution is 5.89. The van der Waals surface area contributed by atoms with E-state index in [-0.39, 0.29) is 5.41 Å². The van der Waals surface area contributed by atoms with Crippen molar-refractivity contribution in [2.75, 3.05) is 4.90 Å². The molecule has 0 amide bonds. The number of fused-ring (bicyclic) bond motifs is 2. The smallest absolute Gasteiger partial charge is 0.0503 e. The van der Waals surface area contributed by atoms with Gasteiger partial charge in [0.2, 0.25) is 0 Å².